The second kappa shape index (κ2) is 2.82. The minimum atomic E-state index is -0.155. The van der Waals surface area contributed by atoms with Gasteiger partial charge >= 0.3 is 0 Å². The zero-order valence-corrected chi connectivity index (χ0v) is 10.1. The van der Waals surface area contributed by atoms with E-state index in [0.29, 0.717) is 11.8 Å². The van der Waals surface area contributed by atoms with Crippen molar-refractivity contribution in [3.8, 4) is 0 Å². The summed E-state index contributed by atoms with van der Waals surface area (Å²) in [4.78, 5) is 26.6. The van der Waals surface area contributed by atoms with Crippen LogP contribution in [0.25, 0.3) is 0 Å². The fourth-order valence-corrected chi connectivity index (χ4v) is 4.35. The van der Waals surface area contributed by atoms with Gasteiger partial charge in [-0.2, -0.15) is 0 Å². The van der Waals surface area contributed by atoms with Crippen molar-refractivity contribution in [2.75, 3.05) is 0 Å². The Labute approximate surface area is 101 Å². The molecule has 0 N–H and O–H groups in total. The third-order valence-corrected chi connectivity index (χ3v) is 5.44. The quantitative estimate of drug-likeness (QED) is 0.509. The highest BCUT2D eigenvalue weighted by molar-refractivity contribution is 6.07. The zero-order chi connectivity index (χ0) is 11.8. The summed E-state index contributed by atoms with van der Waals surface area (Å²) in [6.07, 6.45) is 8.47. The highest BCUT2D eigenvalue weighted by Crippen LogP contribution is 2.55. The van der Waals surface area contributed by atoms with Crippen LogP contribution in [0.15, 0.2) is 12.2 Å². The van der Waals surface area contributed by atoms with Gasteiger partial charge in [-0.25, -0.2) is 0 Å². The van der Waals surface area contributed by atoms with Crippen LogP contribution in [-0.4, -0.2) is 22.3 Å². The molecule has 2 bridgehead atoms. The lowest BCUT2D eigenvalue weighted by atomic mass is 9.77. The number of allylic oxidation sites excluding steroid dienone is 2. The maximum absolute atomic E-state index is 12.5. The lowest BCUT2D eigenvalue weighted by molar-refractivity contribution is -0.151. The lowest BCUT2D eigenvalue weighted by Gasteiger charge is -2.45. The number of likely N-dealkylation sites (tertiary alicyclic amines) is 1. The molecule has 4 aliphatic rings. The Balaban J connectivity index is 1.73. The van der Waals surface area contributed by atoms with E-state index < -0.39 is 0 Å². The van der Waals surface area contributed by atoms with Crippen LogP contribution in [0.5, 0.6) is 0 Å². The van der Waals surface area contributed by atoms with Gasteiger partial charge in [0.1, 0.15) is 0 Å². The van der Waals surface area contributed by atoms with Crippen LogP contribution in [-0.2, 0) is 9.59 Å². The molecule has 4 rings (SSSR count). The van der Waals surface area contributed by atoms with Crippen molar-refractivity contribution in [2.24, 2.45) is 23.7 Å². The Kier molecular flexibility index (Phi) is 1.64. The minimum absolute atomic E-state index is 0.0186. The first-order chi connectivity index (χ1) is 8.12. The van der Waals surface area contributed by atoms with Gasteiger partial charge in [-0.3, -0.25) is 14.5 Å². The van der Waals surface area contributed by atoms with Crippen LogP contribution in [0.4, 0.5) is 0 Å². The number of fused-ring (bicyclic) bond motifs is 5. The number of carbonyl (C=O) groups excluding carboxylic acids is 2. The summed E-state index contributed by atoms with van der Waals surface area (Å²) >= 11 is 0. The Morgan fingerprint density at radius 1 is 1.12 bits per heavy atom. The van der Waals surface area contributed by atoms with Crippen LogP contribution < -0.4 is 0 Å². The summed E-state index contributed by atoms with van der Waals surface area (Å²) in [5.74, 6) is 0.896. The number of carbonyl (C=O) groups is 2. The molecule has 0 aromatic heterocycles. The summed E-state index contributed by atoms with van der Waals surface area (Å²) in [6.45, 7) is 2.07. The van der Waals surface area contributed by atoms with Gasteiger partial charge in [0, 0.05) is 5.54 Å². The Morgan fingerprint density at radius 3 is 2.06 bits per heavy atom. The number of hydrogen-bond donors (Lipinski definition) is 0. The molecule has 2 saturated carbocycles. The van der Waals surface area contributed by atoms with Crippen molar-refractivity contribution in [2.45, 2.75) is 38.1 Å². The van der Waals surface area contributed by atoms with E-state index in [1.807, 2.05) is 0 Å². The highest BCUT2D eigenvalue weighted by Gasteiger charge is 2.62. The molecule has 3 fully saturated rings. The normalized spacial score (nSPS) is 45.4. The monoisotopic (exact) mass is 231 g/mol. The van der Waals surface area contributed by atoms with Crippen molar-refractivity contribution < 1.29 is 9.59 Å². The molecule has 90 valence electrons. The standard InChI is InChI=1S/C14H17NO2/c1-14(5-2-6-14)15-12(16)10-8-3-4-9(7-8)11(10)13(15)17/h3-4,8-11H,2,5-7H2,1H3. The molecule has 17 heavy (non-hydrogen) atoms. The molecule has 1 heterocycles. The third-order valence-electron chi connectivity index (χ3n) is 5.44. The fraction of sp³-hybridized carbons (Fsp3) is 0.714. The molecule has 3 heteroatoms. The van der Waals surface area contributed by atoms with Crippen LogP contribution in [0, 0.1) is 23.7 Å². The molecule has 4 unspecified atom stereocenters. The summed E-state index contributed by atoms with van der Waals surface area (Å²) in [6, 6.07) is 0. The molecular weight excluding hydrogens is 214 g/mol. The molecule has 2 amide bonds. The van der Waals surface area contributed by atoms with Crippen LogP contribution in [0.1, 0.15) is 32.6 Å². The minimum Gasteiger partial charge on any atom is -0.276 e. The number of nitrogens with zero attached hydrogens (tertiary/aromatic N) is 1. The van der Waals surface area contributed by atoms with E-state index in [1.165, 1.54) is 0 Å². The number of hydrogen-bond acceptors (Lipinski definition) is 2. The van der Waals surface area contributed by atoms with Gasteiger partial charge in [-0.05, 0) is 44.4 Å². The lowest BCUT2D eigenvalue weighted by Crippen LogP contribution is -2.55. The fourth-order valence-electron chi connectivity index (χ4n) is 4.35. The van der Waals surface area contributed by atoms with E-state index in [2.05, 4.69) is 19.1 Å². The van der Waals surface area contributed by atoms with Gasteiger partial charge in [-0.15, -0.1) is 0 Å². The van der Waals surface area contributed by atoms with E-state index in [4.69, 9.17) is 0 Å². The first-order valence-electron chi connectivity index (χ1n) is 6.68. The molecular formula is C14H17NO2. The summed E-state index contributed by atoms with van der Waals surface area (Å²) < 4.78 is 0. The maximum atomic E-state index is 12.5. The van der Waals surface area contributed by atoms with Gasteiger partial charge in [0.25, 0.3) is 0 Å². The summed E-state index contributed by atoms with van der Waals surface area (Å²) in [5, 5.41) is 0. The van der Waals surface area contributed by atoms with E-state index in [-0.39, 0.29) is 29.2 Å². The average Bonchev–Trinajstić information content (AvgIpc) is 2.90. The number of imide groups is 1. The Morgan fingerprint density at radius 2 is 1.65 bits per heavy atom. The second-order valence-corrected chi connectivity index (χ2v) is 6.36. The van der Waals surface area contributed by atoms with Gasteiger partial charge < -0.3 is 0 Å². The molecule has 4 atom stereocenters. The van der Waals surface area contributed by atoms with E-state index in [0.717, 1.165) is 25.7 Å². The molecule has 3 aliphatic carbocycles. The van der Waals surface area contributed by atoms with E-state index in [9.17, 15) is 9.59 Å². The molecule has 0 aromatic carbocycles. The molecule has 3 nitrogen and oxygen atoms in total. The maximum Gasteiger partial charge on any atom is 0.234 e. The number of rotatable bonds is 1. The van der Waals surface area contributed by atoms with E-state index >= 15 is 0 Å². The first kappa shape index (κ1) is 9.86. The average molecular weight is 231 g/mol. The molecule has 0 spiro atoms. The van der Waals surface area contributed by atoms with Gasteiger partial charge in [0.15, 0.2) is 0 Å². The molecule has 0 radical (unpaired) electrons. The Hall–Kier alpha value is -1.12. The van der Waals surface area contributed by atoms with Crippen molar-refractivity contribution in [1.29, 1.82) is 0 Å². The van der Waals surface area contributed by atoms with Crippen molar-refractivity contribution in [1.82, 2.24) is 4.90 Å². The van der Waals surface area contributed by atoms with Crippen LogP contribution >= 0.6 is 0 Å². The number of amides is 2. The Bertz CT molecular complexity index is 419. The van der Waals surface area contributed by atoms with Gasteiger partial charge in [0.05, 0.1) is 11.8 Å². The van der Waals surface area contributed by atoms with Crippen molar-refractivity contribution in [3.05, 3.63) is 12.2 Å². The van der Waals surface area contributed by atoms with E-state index in [1.54, 1.807) is 4.90 Å². The SMILES string of the molecule is CC1(N2C(=O)C3C4C=CC(C4)C3C2=O)CCC1. The predicted octanol–water partition coefficient (Wildman–Crippen LogP) is 1.74. The van der Waals surface area contributed by atoms with Gasteiger partial charge in [0.2, 0.25) is 11.8 Å². The van der Waals surface area contributed by atoms with Crippen molar-refractivity contribution >= 4 is 11.8 Å². The second-order valence-electron chi connectivity index (χ2n) is 6.36. The summed E-state index contributed by atoms with van der Waals surface area (Å²) in [5.41, 5.74) is -0.155. The van der Waals surface area contributed by atoms with Crippen LogP contribution in [0.2, 0.25) is 0 Å². The third kappa shape index (κ3) is 0.992. The molecule has 0 aromatic rings. The molecule has 1 aliphatic heterocycles. The zero-order valence-electron chi connectivity index (χ0n) is 10.1. The largest absolute Gasteiger partial charge is 0.276 e. The van der Waals surface area contributed by atoms with Gasteiger partial charge in [-0.1, -0.05) is 12.2 Å². The smallest absolute Gasteiger partial charge is 0.234 e. The summed E-state index contributed by atoms with van der Waals surface area (Å²) in [7, 11) is 0. The first-order valence-corrected chi connectivity index (χ1v) is 6.68. The molecule has 1 saturated heterocycles. The highest BCUT2D eigenvalue weighted by atomic mass is 16.2. The predicted molar refractivity (Wildman–Crippen MR) is 61.8 cm³/mol. The topological polar surface area (TPSA) is 37.4 Å². The van der Waals surface area contributed by atoms with Crippen molar-refractivity contribution in [3.63, 3.8) is 0 Å². The van der Waals surface area contributed by atoms with Crippen LogP contribution in [0.3, 0.4) is 0 Å².